The summed E-state index contributed by atoms with van der Waals surface area (Å²) < 4.78 is 14.5. The molecule has 2 atom stereocenters. The summed E-state index contributed by atoms with van der Waals surface area (Å²) in [6.07, 6.45) is 3.45. The number of halogens is 1. The summed E-state index contributed by atoms with van der Waals surface area (Å²) in [7, 11) is 0. The fraction of sp³-hybridized carbons (Fsp3) is 0.333. The molecule has 0 bridgehead atoms. The van der Waals surface area contributed by atoms with E-state index in [2.05, 4.69) is 40.5 Å². The van der Waals surface area contributed by atoms with E-state index < -0.39 is 5.82 Å². The molecule has 8 heteroatoms. The molecule has 4 rings (SSSR count). The van der Waals surface area contributed by atoms with Crippen LogP contribution in [0.25, 0.3) is 21.6 Å². The lowest BCUT2D eigenvalue weighted by molar-refractivity contribution is -0.109. The molecule has 2 unspecified atom stereocenters. The van der Waals surface area contributed by atoms with Crippen molar-refractivity contribution in [3.8, 4) is 27.6 Å². The van der Waals surface area contributed by atoms with Crippen LogP contribution in [0.1, 0.15) is 29.7 Å². The van der Waals surface area contributed by atoms with Gasteiger partial charge in [-0.15, -0.1) is 11.3 Å². The highest BCUT2D eigenvalue weighted by Crippen LogP contribution is 2.41. The zero-order valence-electron chi connectivity index (χ0n) is 19.4. The van der Waals surface area contributed by atoms with Gasteiger partial charge in [-0.05, 0) is 67.1 Å². The monoisotopic (exact) mass is 492 g/mol. The smallest absolute Gasteiger partial charge is 0.207 e. The van der Waals surface area contributed by atoms with E-state index in [9.17, 15) is 14.3 Å². The first-order valence-corrected chi connectivity index (χ1v) is 12.6. The molecule has 1 saturated heterocycles. The van der Waals surface area contributed by atoms with Gasteiger partial charge in [0.15, 0.2) is 0 Å². The number of nitriles is 1. The molecule has 1 aromatic heterocycles. The Bertz CT molecular complexity index is 1200. The van der Waals surface area contributed by atoms with Gasteiger partial charge < -0.3 is 21.1 Å². The third kappa shape index (κ3) is 6.06. The number of nitrogens with zero attached hydrogens (tertiary/aromatic N) is 2. The van der Waals surface area contributed by atoms with Crippen molar-refractivity contribution < 1.29 is 14.3 Å². The molecule has 0 saturated carbocycles. The number of carbonyl (C=O) groups excluding carboxylic acids is 1. The molecule has 3 aromatic rings. The van der Waals surface area contributed by atoms with Crippen molar-refractivity contribution in [1.29, 1.82) is 5.26 Å². The molecular weight excluding hydrogens is 463 g/mol. The number of benzene rings is 2. The molecule has 1 aliphatic rings. The Balaban J connectivity index is 1.62. The molecule has 1 fully saturated rings. The number of thiophene rings is 1. The number of rotatable bonds is 10. The molecule has 1 aliphatic heterocycles. The lowest BCUT2D eigenvalue weighted by Crippen LogP contribution is -2.24. The van der Waals surface area contributed by atoms with Gasteiger partial charge in [-0.1, -0.05) is 18.2 Å². The summed E-state index contributed by atoms with van der Waals surface area (Å²) in [5, 5.41) is 21.6. The van der Waals surface area contributed by atoms with Crippen molar-refractivity contribution >= 4 is 23.4 Å². The molecule has 35 heavy (non-hydrogen) atoms. The van der Waals surface area contributed by atoms with Crippen LogP contribution in [0.2, 0.25) is 0 Å². The van der Waals surface area contributed by atoms with Crippen LogP contribution in [0.4, 0.5) is 10.1 Å². The second kappa shape index (κ2) is 11.5. The first kappa shape index (κ1) is 24.9. The number of anilines is 1. The zero-order valence-corrected chi connectivity index (χ0v) is 20.2. The van der Waals surface area contributed by atoms with E-state index in [0.717, 1.165) is 57.9 Å². The molecule has 0 aliphatic carbocycles. The SMILES string of the molecule is N#Cc1ccc(-c2cc(CC(N)CCCNC=O)sc2-c2ccc(N3CCC(O)C3)cc2)cc1F. The number of hydrogen-bond acceptors (Lipinski definition) is 6. The molecule has 0 spiro atoms. The maximum Gasteiger partial charge on any atom is 0.207 e. The van der Waals surface area contributed by atoms with Gasteiger partial charge in [-0.2, -0.15) is 5.26 Å². The number of nitrogens with one attached hydrogen (secondary N) is 1. The Kier molecular flexibility index (Phi) is 8.13. The number of carbonyl (C=O) groups is 1. The predicted molar refractivity (Wildman–Crippen MR) is 138 cm³/mol. The number of nitrogens with two attached hydrogens (primary N) is 1. The molecule has 4 N–H and O–H groups in total. The van der Waals surface area contributed by atoms with Crippen LogP contribution < -0.4 is 16.0 Å². The second-order valence-electron chi connectivity index (χ2n) is 8.88. The predicted octanol–water partition coefficient (Wildman–Crippen LogP) is 4.06. The van der Waals surface area contributed by atoms with E-state index in [-0.39, 0.29) is 17.7 Å². The highest BCUT2D eigenvalue weighted by molar-refractivity contribution is 7.16. The van der Waals surface area contributed by atoms with Gasteiger partial charge in [-0.25, -0.2) is 4.39 Å². The number of aliphatic hydroxyl groups is 1. The average molecular weight is 493 g/mol. The van der Waals surface area contributed by atoms with Crippen molar-refractivity contribution in [3.05, 3.63) is 64.8 Å². The summed E-state index contributed by atoms with van der Waals surface area (Å²) in [5.41, 5.74) is 10.1. The maximum absolute atomic E-state index is 14.5. The van der Waals surface area contributed by atoms with Gasteiger partial charge in [0.1, 0.15) is 11.9 Å². The van der Waals surface area contributed by atoms with E-state index in [4.69, 9.17) is 11.0 Å². The van der Waals surface area contributed by atoms with Crippen LogP contribution in [-0.4, -0.2) is 43.3 Å². The highest BCUT2D eigenvalue weighted by Gasteiger charge is 2.21. The standard InChI is InChI=1S/C27H29FN4O2S/c28-26-12-19(3-4-20(26)15-29)25-14-24(13-21(30)2-1-10-31-17-33)35-27(25)18-5-7-22(8-6-18)32-11-9-23(34)16-32/h3-8,12,14,17,21,23,34H,1-2,9-11,13,16,30H2,(H,31,33). The van der Waals surface area contributed by atoms with Crippen LogP contribution in [0.3, 0.4) is 0 Å². The Morgan fingerprint density at radius 2 is 2.03 bits per heavy atom. The largest absolute Gasteiger partial charge is 0.391 e. The Morgan fingerprint density at radius 1 is 1.26 bits per heavy atom. The zero-order chi connectivity index (χ0) is 24.8. The lowest BCUT2D eigenvalue weighted by atomic mass is 9.99. The van der Waals surface area contributed by atoms with E-state index in [1.165, 1.54) is 12.1 Å². The number of β-amino-alcohol motifs (C(OH)–C–C–N with tert-alkyl or cyclic N) is 1. The maximum atomic E-state index is 14.5. The van der Waals surface area contributed by atoms with Gasteiger partial charge in [0.2, 0.25) is 6.41 Å². The number of aliphatic hydroxyl groups excluding tert-OH is 1. The van der Waals surface area contributed by atoms with E-state index in [1.54, 1.807) is 17.4 Å². The molecular formula is C27H29FN4O2S. The summed E-state index contributed by atoms with van der Waals surface area (Å²) in [4.78, 5) is 14.7. The fourth-order valence-corrected chi connectivity index (χ4v) is 5.71. The van der Waals surface area contributed by atoms with Crippen LogP contribution in [0.5, 0.6) is 0 Å². The van der Waals surface area contributed by atoms with Crippen LogP contribution >= 0.6 is 11.3 Å². The Labute approximate surface area is 208 Å². The van der Waals surface area contributed by atoms with E-state index in [0.29, 0.717) is 25.9 Å². The van der Waals surface area contributed by atoms with Gasteiger partial charge in [0, 0.05) is 46.7 Å². The van der Waals surface area contributed by atoms with E-state index >= 15 is 0 Å². The molecule has 182 valence electrons. The van der Waals surface area contributed by atoms with Crippen molar-refractivity contribution in [1.82, 2.24) is 5.32 Å². The second-order valence-corrected chi connectivity index (χ2v) is 10.0. The Morgan fingerprint density at radius 3 is 2.69 bits per heavy atom. The first-order valence-electron chi connectivity index (χ1n) is 11.8. The Hall–Kier alpha value is -3.25. The quantitative estimate of drug-likeness (QED) is 0.293. The van der Waals surface area contributed by atoms with Crippen LogP contribution in [0.15, 0.2) is 48.5 Å². The molecule has 2 heterocycles. The third-order valence-corrected chi connectivity index (χ3v) is 7.49. The first-order chi connectivity index (χ1) is 17.0. The molecule has 2 aromatic carbocycles. The van der Waals surface area contributed by atoms with Gasteiger partial charge in [-0.3, -0.25) is 4.79 Å². The molecule has 1 amide bonds. The average Bonchev–Trinajstić information content (AvgIpc) is 3.48. The summed E-state index contributed by atoms with van der Waals surface area (Å²) >= 11 is 1.64. The molecule has 0 radical (unpaired) electrons. The fourth-order valence-electron chi connectivity index (χ4n) is 4.43. The van der Waals surface area contributed by atoms with Crippen molar-refractivity contribution in [2.24, 2.45) is 5.73 Å². The summed E-state index contributed by atoms with van der Waals surface area (Å²) in [5.74, 6) is -0.536. The summed E-state index contributed by atoms with van der Waals surface area (Å²) in [6.45, 7) is 2.07. The number of amides is 1. The van der Waals surface area contributed by atoms with Gasteiger partial charge in [0.25, 0.3) is 0 Å². The number of hydrogen-bond donors (Lipinski definition) is 3. The van der Waals surface area contributed by atoms with Gasteiger partial charge in [0.05, 0.1) is 11.7 Å². The minimum Gasteiger partial charge on any atom is -0.391 e. The normalized spacial score (nSPS) is 16.2. The third-order valence-electron chi connectivity index (χ3n) is 6.28. The van der Waals surface area contributed by atoms with Gasteiger partial charge >= 0.3 is 0 Å². The topological polar surface area (TPSA) is 102 Å². The lowest BCUT2D eigenvalue weighted by Gasteiger charge is -2.18. The minimum absolute atomic E-state index is 0.0221. The minimum atomic E-state index is -0.536. The van der Waals surface area contributed by atoms with Crippen LogP contribution in [0, 0.1) is 17.1 Å². The van der Waals surface area contributed by atoms with E-state index in [1.807, 2.05) is 6.07 Å². The highest BCUT2D eigenvalue weighted by atomic mass is 32.1. The van der Waals surface area contributed by atoms with Crippen LogP contribution in [-0.2, 0) is 11.2 Å². The van der Waals surface area contributed by atoms with Crippen molar-refractivity contribution in [3.63, 3.8) is 0 Å². The summed E-state index contributed by atoms with van der Waals surface area (Å²) in [6, 6.07) is 16.8. The van der Waals surface area contributed by atoms with Crippen molar-refractivity contribution in [2.45, 2.75) is 37.8 Å². The molecule has 6 nitrogen and oxygen atoms in total. The van der Waals surface area contributed by atoms with Crippen molar-refractivity contribution in [2.75, 3.05) is 24.5 Å².